The number of anilines is 1. The van der Waals surface area contributed by atoms with Crippen molar-refractivity contribution in [1.82, 2.24) is 24.7 Å². The van der Waals surface area contributed by atoms with Crippen molar-refractivity contribution in [2.45, 2.75) is 45.2 Å². The van der Waals surface area contributed by atoms with Gasteiger partial charge in [-0.1, -0.05) is 25.1 Å². The van der Waals surface area contributed by atoms with Crippen LogP contribution in [-0.4, -0.2) is 35.8 Å². The van der Waals surface area contributed by atoms with E-state index >= 15 is 0 Å². The summed E-state index contributed by atoms with van der Waals surface area (Å²) in [6.07, 6.45) is 6.62. The van der Waals surface area contributed by atoms with E-state index in [1.165, 1.54) is 0 Å². The fourth-order valence-corrected chi connectivity index (χ4v) is 3.97. The monoisotopic (exact) mass is 416 g/mol. The van der Waals surface area contributed by atoms with Crippen molar-refractivity contribution >= 4 is 33.7 Å². The van der Waals surface area contributed by atoms with Gasteiger partial charge in [0.15, 0.2) is 5.82 Å². The molecule has 0 spiro atoms. The fraction of sp³-hybridized carbons (Fsp3) is 0.348. The minimum absolute atomic E-state index is 0.0165. The number of nitrogens with one attached hydrogen (secondary N) is 1. The molecule has 1 unspecified atom stereocenters. The molecule has 8 nitrogen and oxygen atoms in total. The van der Waals surface area contributed by atoms with Crippen LogP contribution in [0.25, 0.3) is 21.9 Å². The number of nitrogens with zero attached hydrogens (tertiary/aromatic N) is 5. The van der Waals surface area contributed by atoms with Crippen molar-refractivity contribution in [3.8, 4) is 0 Å². The first-order chi connectivity index (χ1) is 15.0. The number of pyridine rings is 1. The molecular weight excluding hydrogens is 392 g/mol. The number of benzene rings is 1. The number of rotatable bonds is 7. The molecule has 5 rings (SSSR count). The molecule has 3 heterocycles. The number of carbonyl (C=O) groups is 1. The Kier molecular flexibility index (Phi) is 4.77. The second-order valence-electron chi connectivity index (χ2n) is 8.20. The number of carboxylic acid groups (broad SMARTS) is 1. The van der Waals surface area contributed by atoms with Gasteiger partial charge in [-0.05, 0) is 49.8 Å². The molecule has 0 amide bonds. The smallest absolute Gasteiger partial charge is 0.374 e. The average Bonchev–Trinajstić information content (AvgIpc) is 3.54. The predicted molar refractivity (Wildman–Crippen MR) is 118 cm³/mol. The summed E-state index contributed by atoms with van der Waals surface area (Å²) >= 11 is 0. The van der Waals surface area contributed by atoms with Crippen LogP contribution in [0.1, 0.15) is 61.4 Å². The lowest BCUT2D eigenvalue weighted by Crippen LogP contribution is -2.18. The molecule has 0 saturated heterocycles. The van der Waals surface area contributed by atoms with Crippen LogP contribution in [0.2, 0.25) is 0 Å². The van der Waals surface area contributed by atoms with Gasteiger partial charge in [-0.2, -0.15) is 5.10 Å². The van der Waals surface area contributed by atoms with Crippen LogP contribution in [0.4, 0.5) is 5.82 Å². The average molecular weight is 416 g/mol. The van der Waals surface area contributed by atoms with E-state index in [0.29, 0.717) is 17.3 Å². The third kappa shape index (κ3) is 3.58. The molecule has 158 valence electrons. The molecule has 1 aromatic carbocycles. The highest BCUT2D eigenvalue weighted by Gasteiger charge is 2.34. The SMILES string of the molecule is CCC(C)n1ncc2nc(C(=O)O)nc(N[C@@H](c3cnc4ccccc4c3)C3CC3)c21. The van der Waals surface area contributed by atoms with E-state index < -0.39 is 5.97 Å². The third-order valence-corrected chi connectivity index (χ3v) is 6.00. The second kappa shape index (κ2) is 7.61. The number of hydrogen-bond donors (Lipinski definition) is 2. The molecule has 1 aliphatic rings. The number of fused-ring (bicyclic) bond motifs is 2. The first-order valence-corrected chi connectivity index (χ1v) is 10.6. The predicted octanol–water partition coefficient (Wildman–Crippen LogP) is 4.61. The molecule has 2 atom stereocenters. The number of aromatic nitrogens is 5. The van der Waals surface area contributed by atoms with Gasteiger partial charge in [-0.3, -0.25) is 9.67 Å². The van der Waals surface area contributed by atoms with Crippen molar-refractivity contribution in [1.29, 1.82) is 0 Å². The van der Waals surface area contributed by atoms with Crippen LogP contribution in [0.15, 0.2) is 42.7 Å². The van der Waals surface area contributed by atoms with Crippen LogP contribution in [0.5, 0.6) is 0 Å². The van der Waals surface area contributed by atoms with E-state index in [1.54, 1.807) is 6.20 Å². The summed E-state index contributed by atoms with van der Waals surface area (Å²) in [7, 11) is 0. The molecular formula is C23H24N6O2. The van der Waals surface area contributed by atoms with E-state index in [0.717, 1.165) is 41.2 Å². The summed E-state index contributed by atoms with van der Waals surface area (Å²) in [5.41, 5.74) is 3.29. The molecule has 3 aromatic heterocycles. The lowest BCUT2D eigenvalue weighted by molar-refractivity contribution is 0.0684. The van der Waals surface area contributed by atoms with Crippen LogP contribution in [0, 0.1) is 5.92 Å². The summed E-state index contributed by atoms with van der Waals surface area (Å²) in [6.45, 7) is 4.17. The normalized spacial score (nSPS) is 15.8. The van der Waals surface area contributed by atoms with Crippen molar-refractivity contribution < 1.29 is 9.90 Å². The van der Waals surface area contributed by atoms with Crippen molar-refractivity contribution in [3.63, 3.8) is 0 Å². The topological polar surface area (TPSA) is 106 Å². The maximum atomic E-state index is 11.7. The molecule has 31 heavy (non-hydrogen) atoms. The molecule has 0 bridgehead atoms. The Morgan fingerprint density at radius 2 is 2.03 bits per heavy atom. The van der Waals surface area contributed by atoms with Crippen LogP contribution in [-0.2, 0) is 0 Å². The maximum Gasteiger partial charge on any atom is 0.374 e. The van der Waals surface area contributed by atoms with Gasteiger partial charge in [-0.15, -0.1) is 0 Å². The summed E-state index contributed by atoms with van der Waals surface area (Å²) in [5.74, 6) is -0.437. The van der Waals surface area contributed by atoms with Gasteiger partial charge in [0.25, 0.3) is 0 Å². The zero-order valence-corrected chi connectivity index (χ0v) is 17.5. The van der Waals surface area contributed by atoms with Crippen molar-refractivity contribution in [2.24, 2.45) is 5.92 Å². The molecule has 1 saturated carbocycles. The highest BCUT2D eigenvalue weighted by molar-refractivity contribution is 5.91. The third-order valence-electron chi connectivity index (χ3n) is 6.00. The first-order valence-electron chi connectivity index (χ1n) is 10.6. The van der Waals surface area contributed by atoms with E-state index in [2.05, 4.69) is 51.3 Å². The second-order valence-corrected chi connectivity index (χ2v) is 8.20. The van der Waals surface area contributed by atoms with Gasteiger partial charge >= 0.3 is 5.97 Å². The van der Waals surface area contributed by atoms with E-state index in [-0.39, 0.29) is 17.9 Å². The number of aromatic carboxylic acids is 1. The van der Waals surface area contributed by atoms with E-state index in [1.807, 2.05) is 29.1 Å². The zero-order valence-electron chi connectivity index (χ0n) is 17.5. The maximum absolute atomic E-state index is 11.7. The first kappa shape index (κ1) is 19.4. The number of para-hydroxylation sites is 1. The molecule has 4 aromatic rings. The Labute approximate surface area is 179 Å². The van der Waals surface area contributed by atoms with Crippen LogP contribution < -0.4 is 5.32 Å². The number of carboxylic acids is 1. The van der Waals surface area contributed by atoms with Gasteiger partial charge < -0.3 is 10.4 Å². The summed E-state index contributed by atoms with van der Waals surface area (Å²) < 4.78 is 1.88. The summed E-state index contributed by atoms with van der Waals surface area (Å²) in [4.78, 5) is 24.9. The minimum Gasteiger partial charge on any atom is -0.475 e. The van der Waals surface area contributed by atoms with E-state index in [9.17, 15) is 9.90 Å². The zero-order chi connectivity index (χ0) is 21.5. The Bertz CT molecular complexity index is 1280. The Morgan fingerprint density at radius 1 is 1.23 bits per heavy atom. The molecule has 1 aliphatic carbocycles. The van der Waals surface area contributed by atoms with Crippen molar-refractivity contribution in [3.05, 3.63) is 54.1 Å². The highest BCUT2D eigenvalue weighted by Crippen LogP contribution is 2.43. The van der Waals surface area contributed by atoms with E-state index in [4.69, 9.17) is 0 Å². The molecule has 2 N–H and O–H groups in total. The van der Waals surface area contributed by atoms with Crippen LogP contribution in [0.3, 0.4) is 0 Å². The number of hydrogen-bond acceptors (Lipinski definition) is 6. The quantitative estimate of drug-likeness (QED) is 0.453. The van der Waals surface area contributed by atoms with Gasteiger partial charge in [0, 0.05) is 17.6 Å². The Balaban J connectivity index is 1.62. The van der Waals surface area contributed by atoms with Gasteiger partial charge in [-0.25, -0.2) is 14.8 Å². The molecule has 0 radical (unpaired) electrons. The fourth-order valence-electron chi connectivity index (χ4n) is 3.97. The minimum atomic E-state index is -1.16. The molecule has 0 aliphatic heterocycles. The molecule has 1 fully saturated rings. The van der Waals surface area contributed by atoms with Crippen molar-refractivity contribution in [2.75, 3.05) is 5.32 Å². The Morgan fingerprint density at radius 3 is 2.77 bits per heavy atom. The van der Waals surface area contributed by atoms with Crippen LogP contribution >= 0.6 is 0 Å². The summed E-state index contributed by atoms with van der Waals surface area (Å²) in [6, 6.07) is 10.3. The standard InChI is InChI=1S/C23H24N6O2/c1-3-13(2)29-20-18(12-25-29)26-22(23(30)31)28-21(20)27-19(14-8-9-14)16-10-15-6-4-5-7-17(15)24-11-16/h4-7,10-14,19H,3,8-9H2,1-2H3,(H,30,31)(H,26,27,28)/t13?,19-/m1/s1. The van der Waals surface area contributed by atoms with Gasteiger partial charge in [0.1, 0.15) is 11.0 Å². The Hall–Kier alpha value is -3.55. The lowest BCUT2D eigenvalue weighted by atomic mass is 10.0. The summed E-state index contributed by atoms with van der Waals surface area (Å²) in [5, 5.41) is 18.6. The molecule has 8 heteroatoms. The lowest BCUT2D eigenvalue weighted by Gasteiger charge is -2.21. The van der Waals surface area contributed by atoms with Gasteiger partial charge in [0.2, 0.25) is 5.82 Å². The highest BCUT2D eigenvalue weighted by atomic mass is 16.4. The largest absolute Gasteiger partial charge is 0.475 e. The van der Waals surface area contributed by atoms with Gasteiger partial charge in [0.05, 0.1) is 17.8 Å².